The number of fused-ring (bicyclic) bond motifs is 1. The lowest BCUT2D eigenvalue weighted by atomic mass is 10.0. The van der Waals surface area contributed by atoms with E-state index in [1.165, 1.54) is 5.56 Å². The standard InChI is InChI=1S/C14H17N3/c1-3-4-5-12(15-2)11-6-7-13-14(10-11)17-9-8-16-13/h3,6-10,12,15H,1,4-5H2,2H3. The number of benzene rings is 1. The van der Waals surface area contributed by atoms with Crippen LogP contribution >= 0.6 is 0 Å². The van der Waals surface area contributed by atoms with E-state index in [2.05, 4.69) is 34.0 Å². The van der Waals surface area contributed by atoms with Crippen molar-refractivity contribution in [3.05, 3.63) is 48.8 Å². The molecule has 0 aliphatic carbocycles. The maximum absolute atomic E-state index is 4.33. The second-order valence-corrected chi connectivity index (χ2v) is 4.01. The Hall–Kier alpha value is -1.74. The summed E-state index contributed by atoms with van der Waals surface area (Å²) in [5.74, 6) is 0. The molecule has 3 nitrogen and oxygen atoms in total. The molecule has 1 N–H and O–H groups in total. The van der Waals surface area contributed by atoms with Crippen molar-refractivity contribution in [3.63, 3.8) is 0 Å². The Morgan fingerprint density at radius 2 is 2.06 bits per heavy atom. The summed E-state index contributed by atoms with van der Waals surface area (Å²) in [4.78, 5) is 8.60. The molecule has 1 heterocycles. The second-order valence-electron chi connectivity index (χ2n) is 4.01. The predicted molar refractivity (Wildman–Crippen MR) is 70.8 cm³/mol. The molecule has 1 aromatic heterocycles. The van der Waals surface area contributed by atoms with Crippen LogP contribution in [0.5, 0.6) is 0 Å². The first kappa shape index (κ1) is 11.7. The van der Waals surface area contributed by atoms with Crippen LogP contribution in [-0.4, -0.2) is 17.0 Å². The average Bonchev–Trinajstić information content (AvgIpc) is 2.39. The smallest absolute Gasteiger partial charge is 0.0890 e. The zero-order valence-electron chi connectivity index (χ0n) is 10.1. The van der Waals surface area contributed by atoms with Gasteiger partial charge in [-0.2, -0.15) is 0 Å². The molecule has 0 radical (unpaired) electrons. The van der Waals surface area contributed by atoms with Crippen LogP contribution in [0.15, 0.2) is 43.2 Å². The molecule has 1 aromatic carbocycles. The van der Waals surface area contributed by atoms with E-state index >= 15 is 0 Å². The van der Waals surface area contributed by atoms with E-state index in [1.54, 1.807) is 12.4 Å². The summed E-state index contributed by atoms with van der Waals surface area (Å²) < 4.78 is 0. The van der Waals surface area contributed by atoms with Crippen molar-refractivity contribution in [1.29, 1.82) is 0 Å². The third-order valence-electron chi connectivity index (χ3n) is 2.90. The Bertz CT molecular complexity index is 508. The van der Waals surface area contributed by atoms with E-state index in [1.807, 2.05) is 19.2 Å². The van der Waals surface area contributed by atoms with Crippen LogP contribution in [0.2, 0.25) is 0 Å². The number of allylic oxidation sites excluding steroid dienone is 1. The van der Waals surface area contributed by atoms with Crippen molar-refractivity contribution < 1.29 is 0 Å². The lowest BCUT2D eigenvalue weighted by Gasteiger charge is -2.15. The number of aromatic nitrogens is 2. The molecule has 0 spiro atoms. The van der Waals surface area contributed by atoms with Gasteiger partial charge in [0.1, 0.15) is 0 Å². The molecular weight excluding hydrogens is 210 g/mol. The Labute approximate surface area is 102 Å². The molecule has 0 bridgehead atoms. The molecule has 0 aliphatic rings. The van der Waals surface area contributed by atoms with Gasteiger partial charge in [-0.3, -0.25) is 9.97 Å². The van der Waals surface area contributed by atoms with Crippen LogP contribution in [0.1, 0.15) is 24.4 Å². The molecule has 2 aromatic rings. The number of rotatable bonds is 5. The fourth-order valence-electron chi connectivity index (χ4n) is 1.96. The minimum Gasteiger partial charge on any atom is -0.313 e. The molecule has 2 rings (SSSR count). The molecule has 0 saturated carbocycles. The van der Waals surface area contributed by atoms with Crippen molar-refractivity contribution >= 4 is 11.0 Å². The van der Waals surface area contributed by atoms with Crippen LogP contribution in [0.25, 0.3) is 11.0 Å². The Morgan fingerprint density at radius 1 is 1.29 bits per heavy atom. The van der Waals surface area contributed by atoms with Crippen LogP contribution in [0, 0.1) is 0 Å². The van der Waals surface area contributed by atoms with Gasteiger partial charge in [-0.1, -0.05) is 12.1 Å². The minimum atomic E-state index is 0.347. The quantitative estimate of drug-likeness (QED) is 0.798. The zero-order chi connectivity index (χ0) is 12.1. The van der Waals surface area contributed by atoms with Gasteiger partial charge in [0.2, 0.25) is 0 Å². The second kappa shape index (κ2) is 5.55. The highest BCUT2D eigenvalue weighted by molar-refractivity contribution is 5.74. The largest absolute Gasteiger partial charge is 0.313 e. The third kappa shape index (κ3) is 2.68. The van der Waals surface area contributed by atoms with E-state index in [9.17, 15) is 0 Å². The molecular formula is C14H17N3. The SMILES string of the molecule is C=CCCC(NC)c1ccc2nccnc2c1. The van der Waals surface area contributed by atoms with E-state index in [-0.39, 0.29) is 0 Å². The summed E-state index contributed by atoms with van der Waals surface area (Å²) in [6.07, 6.45) is 7.44. The summed E-state index contributed by atoms with van der Waals surface area (Å²) in [7, 11) is 1.98. The van der Waals surface area contributed by atoms with Gasteiger partial charge in [0.25, 0.3) is 0 Å². The van der Waals surface area contributed by atoms with Crippen LogP contribution in [-0.2, 0) is 0 Å². The maximum Gasteiger partial charge on any atom is 0.0890 e. The molecule has 0 aliphatic heterocycles. The number of nitrogens with zero attached hydrogens (tertiary/aromatic N) is 2. The van der Waals surface area contributed by atoms with Gasteiger partial charge in [-0.25, -0.2) is 0 Å². The van der Waals surface area contributed by atoms with Crippen molar-refractivity contribution in [2.75, 3.05) is 7.05 Å². The first-order valence-corrected chi connectivity index (χ1v) is 5.84. The summed E-state index contributed by atoms with van der Waals surface area (Å²) >= 11 is 0. The van der Waals surface area contributed by atoms with Crippen molar-refractivity contribution in [3.8, 4) is 0 Å². The molecule has 0 amide bonds. The first-order valence-electron chi connectivity index (χ1n) is 5.84. The molecule has 0 saturated heterocycles. The van der Waals surface area contributed by atoms with Crippen molar-refractivity contribution in [2.45, 2.75) is 18.9 Å². The van der Waals surface area contributed by atoms with Crippen LogP contribution in [0.3, 0.4) is 0 Å². The fourth-order valence-corrected chi connectivity index (χ4v) is 1.96. The molecule has 1 atom stereocenters. The lowest BCUT2D eigenvalue weighted by Crippen LogP contribution is -2.16. The van der Waals surface area contributed by atoms with E-state index < -0.39 is 0 Å². The van der Waals surface area contributed by atoms with Crippen LogP contribution < -0.4 is 5.32 Å². The number of hydrogen-bond donors (Lipinski definition) is 1. The number of hydrogen-bond acceptors (Lipinski definition) is 3. The highest BCUT2D eigenvalue weighted by Crippen LogP contribution is 2.21. The van der Waals surface area contributed by atoms with Gasteiger partial charge >= 0.3 is 0 Å². The molecule has 3 heteroatoms. The summed E-state index contributed by atoms with van der Waals surface area (Å²) in [6.45, 7) is 3.76. The summed E-state index contributed by atoms with van der Waals surface area (Å²) in [5.41, 5.74) is 3.14. The topological polar surface area (TPSA) is 37.8 Å². The van der Waals surface area contributed by atoms with Gasteiger partial charge in [0.05, 0.1) is 11.0 Å². The van der Waals surface area contributed by atoms with Crippen LogP contribution in [0.4, 0.5) is 0 Å². The minimum absolute atomic E-state index is 0.347. The van der Waals surface area contributed by atoms with E-state index in [4.69, 9.17) is 0 Å². The molecule has 17 heavy (non-hydrogen) atoms. The maximum atomic E-state index is 4.33. The highest BCUT2D eigenvalue weighted by Gasteiger charge is 2.09. The van der Waals surface area contributed by atoms with E-state index in [0.29, 0.717) is 6.04 Å². The highest BCUT2D eigenvalue weighted by atomic mass is 14.9. The summed E-state index contributed by atoms with van der Waals surface area (Å²) in [6, 6.07) is 6.59. The van der Waals surface area contributed by atoms with Crippen molar-refractivity contribution in [2.24, 2.45) is 0 Å². The molecule has 1 unspecified atom stereocenters. The lowest BCUT2D eigenvalue weighted by molar-refractivity contribution is 0.555. The van der Waals surface area contributed by atoms with E-state index in [0.717, 1.165) is 23.9 Å². The van der Waals surface area contributed by atoms with Gasteiger partial charge in [-0.05, 0) is 37.6 Å². The molecule has 88 valence electrons. The molecule has 0 fully saturated rings. The average molecular weight is 227 g/mol. The normalized spacial score (nSPS) is 12.5. The first-order chi connectivity index (χ1) is 8.35. The van der Waals surface area contributed by atoms with Gasteiger partial charge in [0.15, 0.2) is 0 Å². The Morgan fingerprint density at radius 3 is 2.76 bits per heavy atom. The van der Waals surface area contributed by atoms with Gasteiger partial charge < -0.3 is 5.32 Å². The van der Waals surface area contributed by atoms with Gasteiger partial charge in [-0.15, -0.1) is 6.58 Å². The van der Waals surface area contributed by atoms with Gasteiger partial charge in [0, 0.05) is 18.4 Å². The predicted octanol–water partition coefficient (Wildman–Crippen LogP) is 2.86. The fraction of sp³-hybridized carbons (Fsp3) is 0.286. The monoisotopic (exact) mass is 227 g/mol. The van der Waals surface area contributed by atoms with Crippen molar-refractivity contribution in [1.82, 2.24) is 15.3 Å². The third-order valence-corrected chi connectivity index (χ3v) is 2.90. The zero-order valence-corrected chi connectivity index (χ0v) is 10.1. The Kier molecular flexibility index (Phi) is 3.83. The Balaban J connectivity index is 2.30. The number of nitrogens with one attached hydrogen (secondary N) is 1. The summed E-state index contributed by atoms with van der Waals surface area (Å²) in [5, 5.41) is 3.32.